The van der Waals surface area contributed by atoms with Gasteiger partial charge in [-0.15, -0.1) is 23.7 Å². The highest BCUT2D eigenvalue weighted by atomic mass is 35.5. The van der Waals surface area contributed by atoms with Crippen molar-refractivity contribution in [3.8, 4) is 0 Å². The van der Waals surface area contributed by atoms with Crippen LogP contribution in [0, 0.1) is 0 Å². The van der Waals surface area contributed by atoms with Crippen LogP contribution in [0.25, 0.3) is 0 Å². The summed E-state index contributed by atoms with van der Waals surface area (Å²) in [6, 6.07) is 11.0. The van der Waals surface area contributed by atoms with Crippen LogP contribution in [0.15, 0.2) is 40.6 Å². The normalized spacial score (nSPS) is 11.1. The quantitative estimate of drug-likeness (QED) is 0.790. The van der Waals surface area contributed by atoms with Crippen LogP contribution >= 0.6 is 23.7 Å². The van der Waals surface area contributed by atoms with Gasteiger partial charge in [-0.3, -0.25) is 0 Å². The Labute approximate surface area is 135 Å². The minimum Gasteiger partial charge on any atom is -0.399 e. The summed E-state index contributed by atoms with van der Waals surface area (Å²) in [4.78, 5) is 1.07. The molecule has 1 heterocycles. The van der Waals surface area contributed by atoms with Crippen molar-refractivity contribution < 1.29 is 8.42 Å². The summed E-state index contributed by atoms with van der Waals surface area (Å²) in [5.41, 5.74) is 7.37. The Balaban J connectivity index is 0.00000220. The van der Waals surface area contributed by atoms with Crippen LogP contribution in [-0.2, 0) is 22.9 Å². The van der Waals surface area contributed by atoms with Gasteiger partial charge < -0.3 is 5.73 Å². The third-order valence-electron chi connectivity index (χ3n) is 2.94. The molecule has 0 bridgehead atoms. The molecule has 21 heavy (non-hydrogen) atoms. The highest BCUT2D eigenvalue weighted by Gasteiger charge is 2.15. The van der Waals surface area contributed by atoms with Crippen molar-refractivity contribution in [1.82, 2.24) is 4.72 Å². The van der Waals surface area contributed by atoms with E-state index < -0.39 is 10.0 Å². The number of hydrogen-bond acceptors (Lipinski definition) is 4. The van der Waals surface area contributed by atoms with Gasteiger partial charge in [0.05, 0.1) is 0 Å². The Morgan fingerprint density at radius 3 is 2.38 bits per heavy atom. The molecule has 0 aliphatic carbocycles. The maximum atomic E-state index is 12.1. The van der Waals surface area contributed by atoms with Crippen molar-refractivity contribution in [1.29, 1.82) is 0 Å². The zero-order valence-corrected chi connectivity index (χ0v) is 14.2. The summed E-state index contributed by atoms with van der Waals surface area (Å²) in [6.45, 7) is 2.39. The summed E-state index contributed by atoms with van der Waals surface area (Å²) in [5.74, 6) is 0. The van der Waals surface area contributed by atoms with Crippen LogP contribution in [0.1, 0.15) is 17.4 Å². The monoisotopic (exact) mass is 346 g/mol. The predicted octanol–water partition coefficient (Wildman–Crippen LogP) is 2.84. The van der Waals surface area contributed by atoms with E-state index >= 15 is 0 Å². The fourth-order valence-electron chi connectivity index (χ4n) is 1.78. The van der Waals surface area contributed by atoms with Gasteiger partial charge in [-0.25, -0.2) is 13.1 Å². The average Bonchev–Trinajstić information content (AvgIpc) is 2.90. The van der Waals surface area contributed by atoms with Gasteiger partial charge in [0.1, 0.15) is 4.21 Å². The molecule has 0 fully saturated rings. The molecule has 2 aromatic rings. The first-order valence-electron chi connectivity index (χ1n) is 6.44. The molecule has 0 spiro atoms. The summed E-state index contributed by atoms with van der Waals surface area (Å²) in [5, 5.41) is 0. The molecule has 3 N–H and O–H groups in total. The van der Waals surface area contributed by atoms with Crippen molar-refractivity contribution in [3.05, 3.63) is 46.8 Å². The van der Waals surface area contributed by atoms with Gasteiger partial charge in [-0.1, -0.05) is 19.1 Å². The van der Waals surface area contributed by atoms with Crippen LogP contribution in [0.4, 0.5) is 5.69 Å². The van der Waals surface area contributed by atoms with Gasteiger partial charge >= 0.3 is 0 Å². The molecule has 0 saturated carbocycles. The number of benzene rings is 1. The van der Waals surface area contributed by atoms with Crippen LogP contribution in [-0.4, -0.2) is 15.0 Å². The SMILES string of the molecule is CCc1ccc(S(=O)(=O)NCCc2ccc(N)cc2)s1.Cl. The second kappa shape index (κ2) is 7.79. The number of halogens is 1. The Morgan fingerprint density at radius 2 is 1.81 bits per heavy atom. The fourth-order valence-corrected chi connectivity index (χ4v) is 4.15. The third-order valence-corrected chi connectivity index (χ3v) is 6.12. The van der Waals surface area contributed by atoms with Crippen molar-refractivity contribution >= 4 is 39.5 Å². The van der Waals surface area contributed by atoms with E-state index in [0.29, 0.717) is 22.9 Å². The summed E-state index contributed by atoms with van der Waals surface area (Å²) < 4.78 is 27.2. The number of nitrogens with one attached hydrogen (secondary N) is 1. The fraction of sp³-hybridized carbons (Fsp3) is 0.286. The number of hydrogen-bond donors (Lipinski definition) is 2. The van der Waals surface area contributed by atoms with E-state index in [1.807, 2.05) is 37.3 Å². The average molecular weight is 347 g/mol. The molecule has 116 valence electrons. The molecule has 0 unspecified atom stereocenters. The topological polar surface area (TPSA) is 72.2 Å². The molecule has 0 amide bonds. The number of aryl methyl sites for hydroxylation is 1. The Morgan fingerprint density at radius 1 is 1.14 bits per heavy atom. The first-order valence-corrected chi connectivity index (χ1v) is 8.74. The first kappa shape index (κ1) is 18.0. The molecule has 4 nitrogen and oxygen atoms in total. The molecule has 7 heteroatoms. The minimum atomic E-state index is -3.38. The van der Waals surface area contributed by atoms with E-state index in [4.69, 9.17) is 5.73 Å². The standard InChI is InChI=1S/C14H18N2O2S2.ClH/c1-2-13-7-8-14(19-13)20(17,18)16-10-9-11-3-5-12(15)6-4-11;/h3-8,16H,2,9-10,15H2,1H3;1H. The molecular formula is C14H19ClN2O2S2. The zero-order chi connectivity index (χ0) is 14.6. The van der Waals surface area contributed by atoms with Crippen LogP contribution in [0.2, 0.25) is 0 Å². The first-order chi connectivity index (χ1) is 9.51. The number of nitrogen functional groups attached to an aromatic ring is 1. The summed E-state index contributed by atoms with van der Waals surface area (Å²) in [6.07, 6.45) is 1.50. The van der Waals surface area contributed by atoms with Crippen LogP contribution in [0.3, 0.4) is 0 Å². The molecule has 1 aromatic heterocycles. The van der Waals surface area contributed by atoms with Crippen molar-refractivity contribution in [2.45, 2.75) is 24.0 Å². The van der Waals surface area contributed by atoms with E-state index in [0.717, 1.165) is 16.9 Å². The molecule has 0 radical (unpaired) electrons. The van der Waals surface area contributed by atoms with E-state index in [1.165, 1.54) is 11.3 Å². The summed E-state index contributed by atoms with van der Waals surface area (Å²) >= 11 is 1.32. The molecule has 2 rings (SSSR count). The number of anilines is 1. The molecule has 0 atom stereocenters. The van der Waals surface area contributed by atoms with E-state index in [1.54, 1.807) is 6.07 Å². The number of thiophene rings is 1. The van der Waals surface area contributed by atoms with E-state index in [2.05, 4.69) is 4.72 Å². The van der Waals surface area contributed by atoms with E-state index in [-0.39, 0.29) is 12.4 Å². The number of sulfonamides is 1. The van der Waals surface area contributed by atoms with Gasteiger partial charge in [0, 0.05) is 17.1 Å². The van der Waals surface area contributed by atoms with Gasteiger partial charge in [0.25, 0.3) is 0 Å². The Kier molecular flexibility index (Phi) is 6.67. The van der Waals surface area contributed by atoms with Gasteiger partial charge in [0.2, 0.25) is 10.0 Å². The largest absolute Gasteiger partial charge is 0.399 e. The minimum absolute atomic E-state index is 0. The highest BCUT2D eigenvalue weighted by Crippen LogP contribution is 2.21. The number of rotatable bonds is 6. The zero-order valence-electron chi connectivity index (χ0n) is 11.7. The second-order valence-electron chi connectivity index (χ2n) is 4.46. The molecule has 0 saturated heterocycles. The lowest BCUT2D eigenvalue weighted by atomic mass is 10.1. The lowest BCUT2D eigenvalue weighted by molar-refractivity contribution is 0.584. The summed E-state index contributed by atoms with van der Waals surface area (Å²) in [7, 11) is -3.38. The van der Waals surface area contributed by atoms with Crippen LogP contribution < -0.4 is 10.5 Å². The smallest absolute Gasteiger partial charge is 0.250 e. The maximum Gasteiger partial charge on any atom is 0.250 e. The van der Waals surface area contributed by atoms with Crippen molar-refractivity contribution in [2.75, 3.05) is 12.3 Å². The Bertz CT molecular complexity index is 667. The molecule has 1 aromatic carbocycles. The van der Waals surface area contributed by atoms with Gasteiger partial charge in [-0.05, 0) is 42.7 Å². The second-order valence-corrected chi connectivity index (χ2v) is 7.63. The lowest BCUT2D eigenvalue weighted by Gasteiger charge is -2.05. The maximum absolute atomic E-state index is 12.1. The van der Waals surface area contributed by atoms with Crippen LogP contribution in [0.5, 0.6) is 0 Å². The third kappa shape index (κ3) is 5.00. The van der Waals surface area contributed by atoms with Gasteiger partial charge in [0.15, 0.2) is 0 Å². The highest BCUT2D eigenvalue weighted by molar-refractivity contribution is 7.91. The number of nitrogens with two attached hydrogens (primary N) is 1. The lowest BCUT2D eigenvalue weighted by Crippen LogP contribution is -2.25. The molecular weight excluding hydrogens is 328 g/mol. The predicted molar refractivity (Wildman–Crippen MR) is 90.7 cm³/mol. The van der Waals surface area contributed by atoms with Gasteiger partial charge in [-0.2, -0.15) is 0 Å². The van der Waals surface area contributed by atoms with E-state index in [9.17, 15) is 8.42 Å². The van der Waals surface area contributed by atoms with Crippen molar-refractivity contribution in [3.63, 3.8) is 0 Å². The molecule has 0 aliphatic rings. The Hall–Kier alpha value is -1.08. The molecule has 0 aliphatic heterocycles. The van der Waals surface area contributed by atoms with Crippen molar-refractivity contribution in [2.24, 2.45) is 0 Å².